The number of rotatable bonds is 8. The third-order valence-electron chi connectivity index (χ3n) is 3.56. The number of nitrogens with one attached hydrogen (secondary N) is 2. The predicted octanol–water partition coefficient (Wildman–Crippen LogP) is 1.87. The Morgan fingerprint density at radius 2 is 2.29 bits per heavy atom. The summed E-state index contributed by atoms with van der Waals surface area (Å²) in [5.74, 6) is 0.298. The van der Waals surface area contributed by atoms with E-state index in [2.05, 4.69) is 17.0 Å². The molecule has 5 nitrogen and oxygen atoms in total. The van der Waals surface area contributed by atoms with Gasteiger partial charge in [0.2, 0.25) is 10.0 Å². The van der Waals surface area contributed by atoms with E-state index in [9.17, 15) is 8.42 Å². The molecule has 1 unspecified atom stereocenters. The molecular formula is C14H24N2O3S2. The molecule has 1 aliphatic heterocycles. The van der Waals surface area contributed by atoms with Gasteiger partial charge in [-0.25, -0.2) is 13.1 Å². The third kappa shape index (κ3) is 4.75. The van der Waals surface area contributed by atoms with Crippen molar-refractivity contribution in [1.82, 2.24) is 10.0 Å². The van der Waals surface area contributed by atoms with Crippen LogP contribution in [0.25, 0.3) is 0 Å². The Bertz CT molecular complexity index is 549. The van der Waals surface area contributed by atoms with Gasteiger partial charge in [-0.3, -0.25) is 0 Å². The van der Waals surface area contributed by atoms with E-state index in [1.807, 2.05) is 6.92 Å². The summed E-state index contributed by atoms with van der Waals surface area (Å²) >= 11 is 1.36. The van der Waals surface area contributed by atoms with Crippen molar-refractivity contribution in [2.24, 2.45) is 5.92 Å². The van der Waals surface area contributed by atoms with Crippen molar-refractivity contribution < 1.29 is 13.2 Å². The van der Waals surface area contributed by atoms with Gasteiger partial charge in [0.05, 0.1) is 6.61 Å². The average molecular weight is 332 g/mol. The molecule has 1 aliphatic rings. The van der Waals surface area contributed by atoms with Crippen molar-refractivity contribution >= 4 is 21.4 Å². The second kappa shape index (κ2) is 7.69. The van der Waals surface area contributed by atoms with Crippen LogP contribution < -0.4 is 10.0 Å². The third-order valence-corrected chi connectivity index (χ3v) is 6.70. The maximum atomic E-state index is 12.3. The second-order valence-corrected chi connectivity index (χ2v) is 8.56. The molecule has 2 N–H and O–H groups in total. The monoisotopic (exact) mass is 332 g/mol. The first-order valence-electron chi connectivity index (χ1n) is 7.40. The molecule has 2 rings (SSSR count). The summed E-state index contributed by atoms with van der Waals surface area (Å²) in [5, 5.41) is 3.31. The highest BCUT2D eigenvalue weighted by atomic mass is 32.2. The van der Waals surface area contributed by atoms with E-state index >= 15 is 0 Å². The van der Waals surface area contributed by atoms with Crippen LogP contribution in [-0.2, 0) is 21.3 Å². The number of hydrogen-bond acceptors (Lipinski definition) is 5. The van der Waals surface area contributed by atoms with Crippen LogP contribution in [0.5, 0.6) is 0 Å². The van der Waals surface area contributed by atoms with Crippen LogP contribution in [0.3, 0.4) is 0 Å². The zero-order chi connectivity index (χ0) is 15.3. The van der Waals surface area contributed by atoms with Gasteiger partial charge >= 0.3 is 0 Å². The fourth-order valence-electron chi connectivity index (χ4n) is 2.22. The molecule has 0 aromatic carbocycles. The van der Waals surface area contributed by atoms with Crippen LogP contribution in [0.4, 0.5) is 0 Å². The zero-order valence-corrected chi connectivity index (χ0v) is 14.3. The first-order valence-corrected chi connectivity index (χ1v) is 9.70. The molecule has 1 saturated heterocycles. The summed E-state index contributed by atoms with van der Waals surface area (Å²) in [6.45, 7) is 7.60. The van der Waals surface area contributed by atoms with Crippen LogP contribution in [0.15, 0.2) is 10.3 Å². The van der Waals surface area contributed by atoms with Crippen molar-refractivity contribution in [3.05, 3.63) is 16.5 Å². The normalized spacial score (nSPS) is 19.2. The molecule has 1 fully saturated rings. The molecule has 0 aliphatic carbocycles. The highest BCUT2D eigenvalue weighted by Gasteiger charge is 2.22. The molecular weight excluding hydrogens is 308 g/mol. The molecule has 0 saturated carbocycles. The van der Waals surface area contributed by atoms with Crippen LogP contribution in [0.1, 0.15) is 30.2 Å². The maximum Gasteiger partial charge on any atom is 0.250 e. The minimum absolute atomic E-state index is 0.298. The highest BCUT2D eigenvalue weighted by Crippen LogP contribution is 2.26. The van der Waals surface area contributed by atoms with E-state index in [0.717, 1.165) is 43.0 Å². The predicted molar refractivity (Wildman–Crippen MR) is 85.2 cm³/mol. The van der Waals surface area contributed by atoms with Crippen molar-refractivity contribution in [2.45, 2.75) is 37.4 Å². The van der Waals surface area contributed by atoms with Gasteiger partial charge in [0.15, 0.2) is 0 Å². The van der Waals surface area contributed by atoms with Gasteiger partial charge in [0.1, 0.15) is 4.21 Å². The summed E-state index contributed by atoms with van der Waals surface area (Å²) in [4.78, 5) is 1.09. The number of aryl methyl sites for hydroxylation is 1. The van der Waals surface area contributed by atoms with E-state index < -0.39 is 10.0 Å². The van der Waals surface area contributed by atoms with E-state index in [1.165, 1.54) is 11.3 Å². The Labute approximate surface area is 131 Å². The topological polar surface area (TPSA) is 67.4 Å². The number of ether oxygens (including phenoxy) is 1. The Morgan fingerprint density at radius 1 is 1.48 bits per heavy atom. The lowest BCUT2D eigenvalue weighted by Gasteiger charge is -2.08. The van der Waals surface area contributed by atoms with Crippen molar-refractivity contribution in [1.29, 1.82) is 0 Å². The molecule has 0 bridgehead atoms. The van der Waals surface area contributed by atoms with Crippen LogP contribution in [0.2, 0.25) is 0 Å². The first kappa shape index (κ1) is 16.9. The van der Waals surface area contributed by atoms with Gasteiger partial charge in [-0.15, -0.1) is 11.3 Å². The second-order valence-electron chi connectivity index (χ2n) is 5.43. The van der Waals surface area contributed by atoms with Gasteiger partial charge < -0.3 is 10.1 Å². The summed E-state index contributed by atoms with van der Waals surface area (Å²) in [6.07, 6.45) is 2.00. The molecule has 1 aromatic heterocycles. The van der Waals surface area contributed by atoms with E-state index in [0.29, 0.717) is 23.3 Å². The van der Waals surface area contributed by atoms with E-state index in [-0.39, 0.29) is 0 Å². The van der Waals surface area contributed by atoms with Gasteiger partial charge in [0, 0.05) is 24.6 Å². The van der Waals surface area contributed by atoms with Crippen molar-refractivity contribution in [2.75, 3.05) is 26.3 Å². The van der Waals surface area contributed by atoms with E-state index in [4.69, 9.17) is 4.74 Å². The molecule has 21 heavy (non-hydrogen) atoms. The standard InChI is InChI=1S/C14H24N2O3S2/c1-3-5-15-9-13-11(2)7-14(20-13)21(17,18)16-8-12-4-6-19-10-12/h7,12,15-16H,3-6,8-10H2,1-2H3. The van der Waals surface area contributed by atoms with Gasteiger partial charge in [-0.05, 0) is 43.9 Å². The molecule has 0 spiro atoms. The van der Waals surface area contributed by atoms with Crippen LogP contribution in [0, 0.1) is 12.8 Å². The number of sulfonamides is 1. The molecule has 1 aromatic rings. The van der Waals surface area contributed by atoms with Gasteiger partial charge in [-0.1, -0.05) is 6.92 Å². The summed E-state index contributed by atoms with van der Waals surface area (Å²) < 4.78 is 33.0. The molecule has 1 atom stereocenters. The largest absolute Gasteiger partial charge is 0.381 e. The van der Waals surface area contributed by atoms with Crippen LogP contribution in [-0.4, -0.2) is 34.7 Å². The van der Waals surface area contributed by atoms with Crippen molar-refractivity contribution in [3.8, 4) is 0 Å². The minimum atomic E-state index is -3.39. The molecule has 2 heterocycles. The molecule has 0 radical (unpaired) electrons. The minimum Gasteiger partial charge on any atom is -0.381 e. The average Bonchev–Trinajstić information content (AvgIpc) is 3.07. The SMILES string of the molecule is CCCNCc1sc(S(=O)(=O)NCC2CCOC2)cc1C. The zero-order valence-electron chi connectivity index (χ0n) is 12.6. The molecule has 0 amide bonds. The van der Waals surface area contributed by atoms with Crippen LogP contribution >= 0.6 is 11.3 Å². The van der Waals surface area contributed by atoms with E-state index in [1.54, 1.807) is 6.07 Å². The quantitative estimate of drug-likeness (QED) is 0.713. The molecule has 7 heteroatoms. The fraction of sp³-hybridized carbons (Fsp3) is 0.714. The van der Waals surface area contributed by atoms with Gasteiger partial charge in [-0.2, -0.15) is 0 Å². The van der Waals surface area contributed by atoms with Gasteiger partial charge in [0.25, 0.3) is 0 Å². The Balaban J connectivity index is 1.96. The summed E-state index contributed by atoms with van der Waals surface area (Å²) in [6, 6.07) is 1.76. The first-order chi connectivity index (χ1) is 10.0. The fourth-order valence-corrected chi connectivity index (χ4v) is 4.94. The lowest BCUT2D eigenvalue weighted by molar-refractivity contribution is 0.186. The Morgan fingerprint density at radius 3 is 2.95 bits per heavy atom. The lowest BCUT2D eigenvalue weighted by Crippen LogP contribution is -2.29. The smallest absolute Gasteiger partial charge is 0.250 e. The highest BCUT2D eigenvalue weighted by molar-refractivity contribution is 7.91. The Hall–Kier alpha value is -0.470. The lowest BCUT2D eigenvalue weighted by atomic mass is 10.1. The maximum absolute atomic E-state index is 12.3. The summed E-state index contributed by atoms with van der Waals surface area (Å²) in [7, 11) is -3.39. The summed E-state index contributed by atoms with van der Waals surface area (Å²) in [5.41, 5.74) is 1.04. The Kier molecular flexibility index (Phi) is 6.19. The number of thiophene rings is 1. The number of hydrogen-bond donors (Lipinski definition) is 2. The molecule has 120 valence electrons. The van der Waals surface area contributed by atoms with Crippen molar-refractivity contribution in [3.63, 3.8) is 0 Å².